The molecule has 13 heavy (non-hydrogen) atoms. The lowest BCUT2D eigenvalue weighted by atomic mass is 10.1. The molecular formula is C10H13N3. The van der Waals surface area contributed by atoms with Crippen LogP contribution in [0.25, 0.3) is 6.20 Å². The van der Waals surface area contributed by atoms with Crippen molar-refractivity contribution in [2.24, 2.45) is 4.99 Å². The van der Waals surface area contributed by atoms with Crippen molar-refractivity contribution >= 4 is 12.4 Å². The molecule has 0 bridgehead atoms. The molecule has 0 N–H and O–H groups in total. The van der Waals surface area contributed by atoms with E-state index in [1.807, 2.05) is 24.7 Å². The topological polar surface area (TPSA) is 30.2 Å². The lowest BCUT2D eigenvalue weighted by Crippen LogP contribution is -2.00. The molecular weight excluding hydrogens is 162 g/mol. The third-order valence-electron chi connectivity index (χ3n) is 2.12. The molecule has 3 nitrogen and oxygen atoms in total. The fraction of sp³-hybridized carbons (Fsp3) is 0.400. The van der Waals surface area contributed by atoms with Crippen LogP contribution in [0.15, 0.2) is 17.3 Å². The minimum atomic E-state index is 0.498. The van der Waals surface area contributed by atoms with Gasteiger partial charge in [-0.15, -0.1) is 0 Å². The zero-order valence-electron chi connectivity index (χ0n) is 7.94. The van der Waals surface area contributed by atoms with Gasteiger partial charge in [0.2, 0.25) is 0 Å². The lowest BCUT2D eigenvalue weighted by molar-refractivity contribution is 0.800. The van der Waals surface area contributed by atoms with Gasteiger partial charge in [0.25, 0.3) is 0 Å². The Balaban J connectivity index is 2.52. The molecule has 2 heterocycles. The predicted octanol–water partition coefficient (Wildman–Crippen LogP) is 1.91. The molecule has 3 heteroatoms. The number of aromatic nitrogens is 2. The average molecular weight is 175 g/mol. The monoisotopic (exact) mass is 175 g/mol. The highest BCUT2D eigenvalue weighted by atomic mass is 15.1. The highest BCUT2D eigenvalue weighted by molar-refractivity contribution is 5.77. The summed E-state index contributed by atoms with van der Waals surface area (Å²) in [5.74, 6) is 1.43. The second-order valence-corrected chi connectivity index (χ2v) is 3.44. The van der Waals surface area contributed by atoms with Crippen LogP contribution in [0.1, 0.15) is 31.3 Å². The molecule has 1 aliphatic heterocycles. The van der Waals surface area contributed by atoms with Crippen molar-refractivity contribution in [1.29, 1.82) is 0 Å². The van der Waals surface area contributed by atoms with Crippen molar-refractivity contribution < 1.29 is 0 Å². The normalized spacial score (nSPS) is 14.7. The van der Waals surface area contributed by atoms with Crippen LogP contribution in [-0.2, 0) is 0 Å². The zero-order valence-corrected chi connectivity index (χ0v) is 7.94. The van der Waals surface area contributed by atoms with Gasteiger partial charge in [-0.2, -0.15) is 0 Å². The van der Waals surface area contributed by atoms with Crippen LogP contribution in [0.5, 0.6) is 0 Å². The zero-order chi connectivity index (χ0) is 9.26. The van der Waals surface area contributed by atoms with Crippen molar-refractivity contribution in [3.8, 4) is 0 Å². The summed E-state index contributed by atoms with van der Waals surface area (Å²) in [4.78, 5) is 8.49. The summed E-state index contributed by atoms with van der Waals surface area (Å²) in [5, 5.41) is 0. The number of rotatable bonds is 1. The van der Waals surface area contributed by atoms with Crippen molar-refractivity contribution in [2.45, 2.75) is 19.8 Å². The minimum absolute atomic E-state index is 0.498. The number of fused-ring (bicyclic) bond motifs is 1. The molecule has 1 aromatic heterocycles. The summed E-state index contributed by atoms with van der Waals surface area (Å²) in [7, 11) is 0. The summed E-state index contributed by atoms with van der Waals surface area (Å²) in [6, 6.07) is 0. The van der Waals surface area contributed by atoms with Gasteiger partial charge in [0.05, 0.1) is 12.8 Å². The summed E-state index contributed by atoms with van der Waals surface area (Å²) < 4.78 is 2.10. The van der Waals surface area contributed by atoms with E-state index < -0.39 is 0 Å². The maximum atomic E-state index is 4.30. The fourth-order valence-electron chi connectivity index (χ4n) is 1.42. The Hall–Kier alpha value is -1.38. The van der Waals surface area contributed by atoms with Crippen LogP contribution in [0, 0.1) is 0 Å². The van der Waals surface area contributed by atoms with Crippen LogP contribution in [0.3, 0.4) is 0 Å². The van der Waals surface area contributed by atoms with Gasteiger partial charge in [-0.1, -0.05) is 13.8 Å². The third-order valence-corrected chi connectivity index (χ3v) is 2.12. The van der Waals surface area contributed by atoms with Crippen LogP contribution >= 0.6 is 0 Å². The first-order chi connectivity index (χ1) is 6.29. The first-order valence-corrected chi connectivity index (χ1v) is 4.52. The largest absolute Gasteiger partial charge is 0.303 e. The molecule has 0 saturated heterocycles. The average Bonchev–Trinajstić information content (AvgIpc) is 2.36. The molecule has 0 amide bonds. The molecule has 0 saturated carbocycles. The first-order valence-electron chi connectivity index (χ1n) is 4.52. The molecule has 0 atom stereocenters. The van der Waals surface area contributed by atoms with E-state index in [0.29, 0.717) is 5.92 Å². The Bertz CT molecular complexity index is 358. The second-order valence-electron chi connectivity index (χ2n) is 3.44. The Labute approximate surface area is 77.8 Å². The van der Waals surface area contributed by atoms with Crippen molar-refractivity contribution in [3.63, 3.8) is 0 Å². The third kappa shape index (κ3) is 1.41. The Kier molecular flexibility index (Phi) is 2.00. The summed E-state index contributed by atoms with van der Waals surface area (Å²) in [6.07, 6.45) is 7.83. The second kappa shape index (κ2) is 3.17. The van der Waals surface area contributed by atoms with Crippen molar-refractivity contribution in [1.82, 2.24) is 9.55 Å². The SMILES string of the molecule is CC(C)c1cnc2n1C=CCN=C2. The van der Waals surface area contributed by atoms with Crippen molar-refractivity contribution in [3.05, 3.63) is 23.8 Å². The summed E-state index contributed by atoms with van der Waals surface area (Å²) in [6.45, 7) is 5.08. The standard InChI is InChI=1S/C10H13N3/c1-8(2)9-6-12-10-7-11-4-3-5-13(9)10/h3,5-8H,4H2,1-2H3. The van der Waals surface area contributed by atoms with E-state index in [1.54, 1.807) is 0 Å². The van der Waals surface area contributed by atoms with Gasteiger partial charge in [-0.25, -0.2) is 4.98 Å². The van der Waals surface area contributed by atoms with Gasteiger partial charge in [-0.05, 0) is 12.0 Å². The maximum Gasteiger partial charge on any atom is 0.154 e. The minimum Gasteiger partial charge on any atom is -0.303 e. The van der Waals surface area contributed by atoms with E-state index in [0.717, 1.165) is 12.4 Å². The lowest BCUT2D eigenvalue weighted by Gasteiger charge is -2.06. The molecule has 0 aromatic carbocycles. The van der Waals surface area contributed by atoms with Gasteiger partial charge >= 0.3 is 0 Å². The van der Waals surface area contributed by atoms with E-state index in [-0.39, 0.29) is 0 Å². The van der Waals surface area contributed by atoms with E-state index in [2.05, 4.69) is 28.4 Å². The molecule has 0 fully saturated rings. The molecule has 1 aliphatic rings. The Morgan fingerprint density at radius 3 is 3.08 bits per heavy atom. The van der Waals surface area contributed by atoms with Gasteiger partial charge in [0.1, 0.15) is 0 Å². The van der Waals surface area contributed by atoms with Gasteiger partial charge in [-0.3, -0.25) is 4.99 Å². The Morgan fingerprint density at radius 1 is 1.46 bits per heavy atom. The molecule has 2 rings (SSSR count). The van der Waals surface area contributed by atoms with Crippen LogP contribution in [0.4, 0.5) is 0 Å². The smallest absolute Gasteiger partial charge is 0.154 e. The molecule has 0 aliphatic carbocycles. The van der Waals surface area contributed by atoms with Crippen LogP contribution in [0.2, 0.25) is 0 Å². The fourth-order valence-corrected chi connectivity index (χ4v) is 1.42. The van der Waals surface area contributed by atoms with Crippen molar-refractivity contribution in [2.75, 3.05) is 6.54 Å². The number of hydrogen-bond acceptors (Lipinski definition) is 2. The molecule has 1 aromatic rings. The molecule has 0 radical (unpaired) electrons. The summed E-state index contributed by atoms with van der Waals surface area (Å²) >= 11 is 0. The number of aliphatic imine (C=N–C) groups is 1. The molecule has 0 unspecified atom stereocenters. The summed E-state index contributed by atoms with van der Waals surface area (Å²) in [5.41, 5.74) is 1.24. The highest BCUT2D eigenvalue weighted by Gasteiger charge is 2.09. The number of hydrogen-bond donors (Lipinski definition) is 0. The van der Waals surface area contributed by atoms with E-state index in [9.17, 15) is 0 Å². The predicted molar refractivity (Wildman–Crippen MR) is 54.1 cm³/mol. The number of imidazole rings is 1. The van der Waals surface area contributed by atoms with Gasteiger partial charge in [0.15, 0.2) is 5.82 Å². The Morgan fingerprint density at radius 2 is 2.31 bits per heavy atom. The maximum absolute atomic E-state index is 4.30. The van der Waals surface area contributed by atoms with Crippen LogP contribution < -0.4 is 0 Å². The van der Waals surface area contributed by atoms with Gasteiger partial charge < -0.3 is 4.57 Å². The molecule has 0 spiro atoms. The highest BCUT2D eigenvalue weighted by Crippen LogP contribution is 2.16. The van der Waals surface area contributed by atoms with Crippen LogP contribution in [-0.4, -0.2) is 22.3 Å². The van der Waals surface area contributed by atoms with E-state index >= 15 is 0 Å². The van der Waals surface area contributed by atoms with E-state index in [4.69, 9.17) is 0 Å². The van der Waals surface area contributed by atoms with Gasteiger partial charge in [0, 0.05) is 18.1 Å². The first kappa shape index (κ1) is 8.23. The number of nitrogens with zero attached hydrogens (tertiary/aromatic N) is 3. The molecule has 68 valence electrons. The van der Waals surface area contributed by atoms with E-state index in [1.165, 1.54) is 5.69 Å². The quantitative estimate of drug-likeness (QED) is 0.641.